The second-order valence-corrected chi connectivity index (χ2v) is 6.37. The van der Waals surface area contributed by atoms with E-state index in [1.165, 1.54) is 7.11 Å². The van der Waals surface area contributed by atoms with Crippen LogP contribution >= 0.6 is 34.2 Å². The fraction of sp³-hybridized carbons (Fsp3) is 0.429. The third-order valence-corrected chi connectivity index (χ3v) is 4.57. The van der Waals surface area contributed by atoms with Gasteiger partial charge in [0.15, 0.2) is 0 Å². The number of nitrogens with zero attached hydrogens (tertiary/aromatic N) is 2. The van der Waals surface area contributed by atoms with Gasteiger partial charge in [-0.15, -0.1) is 0 Å². The molecule has 1 aliphatic rings. The van der Waals surface area contributed by atoms with Crippen LogP contribution in [0.15, 0.2) is 18.2 Å². The first-order valence-electron chi connectivity index (χ1n) is 6.54. The highest BCUT2D eigenvalue weighted by Gasteiger charge is 2.24. The minimum atomic E-state index is -0.251. The van der Waals surface area contributed by atoms with Crippen molar-refractivity contribution in [1.29, 1.82) is 0 Å². The van der Waals surface area contributed by atoms with E-state index in [1.54, 1.807) is 17.0 Å². The molecule has 0 atom stereocenters. The number of amides is 1. The van der Waals surface area contributed by atoms with E-state index in [-0.39, 0.29) is 18.4 Å². The average Bonchev–Trinajstić information content (AvgIpc) is 2.49. The van der Waals surface area contributed by atoms with Gasteiger partial charge in [-0.05, 0) is 40.8 Å². The quantitative estimate of drug-likeness (QED) is 0.551. The number of ether oxygens (including phenoxy) is 1. The Morgan fingerprint density at radius 2 is 1.95 bits per heavy atom. The summed E-state index contributed by atoms with van der Waals surface area (Å²) in [6, 6.07) is 5.31. The second kappa shape index (κ2) is 7.42. The number of piperazine rings is 1. The zero-order valence-corrected chi connectivity index (χ0v) is 14.6. The summed E-state index contributed by atoms with van der Waals surface area (Å²) >= 11 is 8.10. The smallest absolute Gasteiger partial charge is 0.319 e. The topological polar surface area (TPSA) is 49.9 Å². The predicted octanol–water partition coefficient (Wildman–Crippen LogP) is 1.88. The lowest BCUT2D eigenvalue weighted by molar-refractivity contribution is -0.142. The summed E-state index contributed by atoms with van der Waals surface area (Å²) in [6.45, 7) is 2.79. The molecule has 1 amide bonds. The first-order valence-corrected chi connectivity index (χ1v) is 8.00. The van der Waals surface area contributed by atoms with E-state index in [0.717, 1.165) is 3.57 Å². The minimum absolute atomic E-state index is 0.0142. The zero-order valence-electron chi connectivity index (χ0n) is 11.6. The fourth-order valence-electron chi connectivity index (χ4n) is 2.19. The van der Waals surface area contributed by atoms with E-state index in [4.69, 9.17) is 11.6 Å². The van der Waals surface area contributed by atoms with Crippen molar-refractivity contribution in [2.24, 2.45) is 0 Å². The molecule has 1 saturated heterocycles. The number of carbonyl (C=O) groups excluding carboxylic acids is 2. The molecule has 1 aliphatic heterocycles. The lowest BCUT2D eigenvalue weighted by Gasteiger charge is -2.34. The van der Waals surface area contributed by atoms with Crippen molar-refractivity contribution < 1.29 is 14.3 Å². The molecule has 0 aliphatic carbocycles. The molecule has 0 N–H and O–H groups in total. The summed E-state index contributed by atoms with van der Waals surface area (Å²) in [5.41, 5.74) is 0.629. The molecule has 2 rings (SSSR count). The molecule has 1 aromatic rings. The molecule has 5 nitrogen and oxygen atoms in total. The van der Waals surface area contributed by atoms with Gasteiger partial charge in [0, 0.05) is 34.8 Å². The summed E-state index contributed by atoms with van der Waals surface area (Å²) < 4.78 is 5.54. The van der Waals surface area contributed by atoms with Crippen LogP contribution in [0, 0.1) is 3.57 Å². The number of halogens is 2. The Balaban J connectivity index is 1.97. The van der Waals surface area contributed by atoms with Gasteiger partial charge in [-0.1, -0.05) is 11.6 Å². The number of carbonyl (C=O) groups is 2. The normalized spacial score (nSPS) is 15.9. The van der Waals surface area contributed by atoms with Gasteiger partial charge in [0.25, 0.3) is 5.91 Å². The summed E-state index contributed by atoms with van der Waals surface area (Å²) in [6.07, 6.45) is 0. The van der Waals surface area contributed by atoms with Gasteiger partial charge < -0.3 is 9.64 Å². The van der Waals surface area contributed by atoms with Crippen LogP contribution in [0.3, 0.4) is 0 Å². The van der Waals surface area contributed by atoms with Gasteiger partial charge in [0.1, 0.15) is 0 Å². The third kappa shape index (κ3) is 4.31. The van der Waals surface area contributed by atoms with Crippen molar-refractivity contribution in [2.45, 2.75) is 0 Å². The Morgan fingerprint density at radius 3 is 2.57 bits per heavy atom. The lowest BCUT2D eigenvalue weighted by atomic mass is 10.2. The first kappa shape index (κ1) is 16.5. The Kier molecular flexibility index (Phi) is 5.83. The molecule has 0 unspecified atom stereocenters. The SMILES string of the molecule is COC(=O)CN1CCN(C(=O)c2cc(Cl)ccc2I)CC1. The molecule has 1 heterocycles. The van der Waals surface area contributed by atoms with Crippen LogP contribution in [-0.4, -0.2) is 61.5 Å². The lowest BCUT2D eigenvalue weighted by Crippen LogP contribution is -2.50. The van der Waals surface area contributed by atoms with Crippen molar-refractivity contribution in [1.82, 2.24) is 9.80 Å². The summed E-state index contributed by atoms with van der Waals surface area (Å²) in [5, 5.41) is 0.558. The number of rotatable bonds is 3. The number of esters is 1. The minimum Gasteiger partial charge on any atom is -0.468 e. The standard InChI is InChI=1S/C14H16ClIN2O3/c1-21-13(19)9-17-4-6-18(7-5-17)14(20)11-8-10(15)2-3-12(11)16/h2-3,8H,4-7,9H2,1H3. The first-order chi connectivity index (χ1) is 10.0. The van der Waals surface area contributed by atoms with Crippen LogP contribution in [0.25, 0.3) is 0 Å². The molecule has 114 valence electrons. The molecule has 1 aromatic carbocycles. The molecule has 7 heteroatoms. The highest BCUT2D eigenvalue weighted by atomic mass is 127. The van der Waals surface area contributed by atoms with E-state index in [0.29, 0.717) is 36.8 Å². The maximum Gasteiger partial charge on any atom is 0.319 e. The zero-order chi connectivity index (χ0) is 15.4. The van der Waals surface area contributed by atoms with E-state index in [9.17, 15) is 9.59 Å². The van der Waals surface area contributed by atoms with Gasteiger partial charge in [0.2, 0.25) is 0 Å². The fourth-order valence-corrected chi connectivity index (χ4v) is 2.93. The van der Waals surface area contributed by atoms with Crippen molar-refractivity contribution in [2.75, 3.05) is 39.8 Å². The maximum atomic E-state index is 12.5. The van der Waals surface area contributed by atoms with E-state index < -0.39 is 0 Å². The maximum absolute atomic E-state index is 12.5. The number of benzene rings is 1. The molecule has 0 saturated carbocycles. The molecule has 0 bridgehead atoms. The highest BCUT2D eigenvalue weighted by molar-refractivity contribution is 14.1. The number of methoxy groups -OCH3 is 1. The van der Waals surface area contributed by atoms with Gasteiger partial charge in [-0.25, -0.2) is 0 Å². The summed E-state index contributed by atoms with van der Waals surface area (Å²) in [5.74, 6) is -0.265. The van der Waals surface area contributed by atoms with Gasteiger partial charge in [-0.2, -0.15) is 0 Å². The van der Waals surface area contributed by atoms with Crippen LogP contribution < -0.4 is 0 Å². The van der Waals surface area contributed by atoms with E-state index in [2.05, 4.69) is 27.3 Å². The molecular formula is C14H16ClIN2O3. The van der Waals surface area contributed by atoms with Crippen LogP contribution in [0.1, 0.15) is 10.4 Å². The van der Waals surface area contributed by atoms with Crippen LogP contribution in [0.2, 0.25) is 5.02 Å². The average molecular weight is 423 g/mol. The summed E-state index contributed by atoms with van der Waals surface area (Å²) in [4.78, 5) is 27.5. The van der Waals surface area contributed by atoms with Crippen molar-refractivity contribution in [3.05, 3.63) is 32.4 Å². The molecule has 0 radical (unpaired) electrons. The van der Waals surface area contributed by atoms with Crippen LogP contribution in [0.4, 0.5) is 0 Å². The van der Waals surface area contributed by atoms with Gasteiger partial charge in [-0.3, -0.25) is 14.5 Å². The largest absolute Gasteiger partial charge is 0.468 e. The van der Waals surface area contributed by atoms with E-state index >= 15 is 0 Å². The van der Waals surface area contributed by atoms with Gasteiger partial charge in [0.05, 0.1) is 19.2 Å². The van der Waals surface area contributed by atoms with Gasteiger partial charge >= 0.3 is 5.97 Å². The van der Waals surface area contributed by atoms with Crippen LogP contribution in [0.5, 0.6) is 0 Å². The monoisotopic (exact) mass is 422 g/mol. The van der Waals surface area contributed by atoms with Crippen LogP contribution in [-0.2, 0) is 9.53 Å². The van der Waals surface area contributed by atoms with Crippen molar-refractivity contribution >= 4 is 46.1 Å². The van der Waals surface area contributed by atoms with E-state index in [1.807, 2.05) is 11.0 Å². The Hall–Kier alpha value is -0.860. The Morgan fingerprint density at radius 1 is 1.29 bits per heavy atom. The predicted molar refractivity (Wildman–Crippen MR) is 88.5 cm³/mol. The number of hydrogen-bond acceptors (Lipinski definition) is 4. The van der Waals surface area contributed by atoms with Crippen molar-refractivity contribution in [3.63, 3.8) is 0 Å². The highest BCUT2D eigenvalue weighted by Crippen LogP contribution is 2.20. The molecule has 0 spiro atoms. The Bertz CT molecular complexity index is 545. The third-order valence-electron chi connectivity index (χ3n) is 3.40. The second-order valence-electron chi connectivity index (χ2n) is 4.77. The molecule has 21 heavy (non-hydrogen) atoms. The molecular weight excluding hydrogens is 407 g/mol. The Labute approximate surface area is 142 Å². The molecule has 0 aromatic heterocycles. The number of hydrogen-bond donors (Lipinski definition) is 0. The van der Waals surface area contributed by atoms with Crippen molar-refractivity contribution in [3.8, 4) is 0 Å². The molecule has 1 fully saturated rings. The summed E-state index contributed by atoms with van der Waals surface area (Å²) in [7, 11) is 1.38.